The van der Waals surface area contributed by atoms with Gasteiger partial charge in [-0.25, -0.2) is 4.98 Å². The Labute approximate surface area is 181 Å². The lowest BCUT2D eigenvalue weighted by atomic mass is 10.4. The van der Waals surface area contributed by atoms with Gasteiger partial charge in [-0.15, -0.1) is 10.2 Å². The SMILES string of the molecule is O=C(CSc1nnc(N2CCCC2)n1Cc1ccco1)Nc1ncc(Cl)cc1Cl. The van der Waals surface area contributed by atoms with Gasteiger partial charge in [0, 0.05) is 19.3 Å². The van der Waals surface area contributed by atoms with Gasteiger partial charge in [0.1, 0.15) is 5.76 Å². The Morgan fingerprint density at radius 3 is 2.83 bits per heavy atom. The predicted molar refractivity (Wildman–Crippen MR) is 113 cm³/mol. The fourth-order valence-electron chi connectivity index (χ4n) is 3.04. The van der Waals surface area contributed by atoms with E-state index < -0.39 is 0 Å². The van der Waals surface area contributed by atoms with Gasteiger partial charge in [-0.3, -0.25) is 9.36 Å². The molecule has 0 spiro atoms. The molecule has 1 amide bonds. The van der Waals surface area contributed by atoms with Crippen molar-refractivity contribution in [3.8, 4) is 0 Å². The van der Waals surface area contributed by atoms with Crippen LogP contribution in [-0.4, -0.2) is 44.5 Å². The van der Waals surface area contributed by atoms with E-state index in [1.54, 1.807) is 6.26 Å². The molecule has 1 saturated heterocycles. The molecule has 29 heavy (non-hydrogen) atoms. The minimum absolute atomic E-state index is 0.136. The van der Waals surface area contributed by atoms with Gasteiger partial charge in [-0.05, 0) is 31.0 Å². The van der Waals surface area contributed by atoms with Crippen molar-refractivity contribution in [2.24, 2.45) is 0 Å². The topological polar surface area (TPSA) is 89.1 Å². The smallest absolute Gasteiger partial charge is 0.236 e. The lowest BCUT2D eigenvalue weighted by molar-refractivity contribution is -0.113. The molecular formula is C18H18Cl2N6O2S. The minimum Gasteiger partial charge on any atom is -0.467 e. The average molecular weight is 453 g/mol. The van der Waals surface area contributed by atoms with Crippen molar-refractivity contribution >= 4 is 52.6 Å². The molecule has 0 radical (unpaired) electrons. The van der Waals surface area contributed by atoms with Crippen LogP contribution in [0.3, 0.4) is 0 Å². The zero-order chi connectivity index (χ0) is 20.2. The second-order valence-electron chi connectivity index (χ2n) is 6.46. The van der Waals surface area contributed by atoms with Crippen molar-refractivity contribution in [3.63, 3.8) is 0 Å². The summed E-state index contributed by atoms with van der Waals surface area (Å²) in [5, 5.41) is 12.7. The number of furan rings is 1. The number of thioether (sulfide) groups is 1. The zero-order valence-corrected chi connectivity index (χ0v) is 17.7. The number of aromatic nitrogens is 4. The maximum atomic E-state index is 12.4. The molecule has 0 bridgehead atoms. The number of rotatable bonds is 7. The van der Waals surface area contributed by atoms with E-state index in [0.29, 0.717) is 16.7 Å². The van der Waals surface area contributed by atoms with Crippen molar-refractivity contribution in [1.29, 1.82) is 0 Å². The summed E-state index contributed by atoms with van der Waals surface area (Å²) in [7, 11) is 0. The molecule has 8 nitrogen and oxygen atoms in total. The van der Waals surface area contributed by atoms with Crippen LogP contribution in [-0.2, 0) is 11.3 Å². The van der Waals surface area contributed by atoms with Crippen LogP contribution < -0.4 is 10.2 Å². The number of nitrogens with zero attached hydrogens (tertiary/aromatic N) is 5. The molecule has 1 fully saturated rings. The van der Waals surface area contributed by atoms with Crippen molar-refractivity contribution in [3.05, 3.63) is 46.5 Å². The third kappa shape index (κ3) is 4.85. The first-order valence-corrected chi connectivity index (χ1v) is 10.8. The summed E-state index contributed by atoms with van der Waals surface area (Å²) in [6.45, 7) is 2.39. The average Bonchev–Trinajstić information content (AvgIpc) is 3.45. The number of carbonyl (C=O) groups is 1. The van der Waals surface area contributed by atoms with Crippen LogP contribution in [0.2, 0.25) is 10.0 Å². The maximum absolute atomic E-state index is 12.4. The van der Waals surface area contributed by atoms with Crippen molar-refractivity contribution in [2.45, 2.75) is 24.5 Å². The Balaban J connectivity index is 1.46. The summed E-state index contributed by atoms with van der Waals surface area (Å²) in [6, 6.07) is 5.28. The van der Waals surface area contributed by atoms with E-state index in [1.807, 2.05) is 16.7 Å². The van der Waals surface area contributed by atoms with Crippen LogP contribution in [0, 0.1) is 0 Å². The highest BCUT2D eigenvalue weighted by molar-refractivity contribution is 7.99. The third-order valence-corrected chi connectivity index (χ3v) is 5.84. The molecule has 0 unspecified atom stereocenters. The molecule has 1 N–H and O–H groups in total. The fourth-order valence-corrected chi connectivity index (χ4v) is 4.20. The van der Waals surface area contributed by atoms with Crippen LogP contribution in [0.5, 0.6) is 0 Å². The van der Waals surface area contributed by atoms with Crippen molar-refractivity contribution < 1.29 is 9.21 Å². The van der Waals surface area contributed by atoms with Crippen LogP contribution in [0.25, 0.3) is 0 Å². The van der Waals surface area contributed by atoms with E-state index >= 15 is 0 Å². The summed E-state index contributed by atoms with van der Waals surface area (Å²) in [5.74, 6) is 1.76. The van der Waals surface area contributed by atoms with Crippen LogP contribution in [0.4, 0.5) is 11.8 Å². The first-order chi connectivity index (χ1) is 14.1. The molecule has 152 valence electrons. The number of amides is 1. The van der Waals surface area contributed by atoms with E-state index in [1.165, 1.54) is 24.0 Å². The van der Waals surface area contributed by atoms with Crippen LogP contribution in [0.15, 0.2) is 40.2 Å². The largest absolute Gasteiger partial charge is 0.467 e. The predicted octanol–water partition coefficient (Wildman–Crippen LogP) is 3.95. The molecule has 1 aliphatic rings. The molecule has 1 aliphatic heterocycles. The number of pyridine rings is 1. The first-order valence-electron chi connectivity index (χ1n) is 9.04. The summed E-state index contributed by atoms with van der Waals surface area (Å²) >= 11 is 13.2. The van der Waals surface area contributed by atoms with Crippen LogP contribution >= 0.6 is 35.0 Å². The standard InChI is InChI=1S/C18H18Cl2N6O2S/c19-12-8-14(20)16(21-9-12)22-15(27)11-29-18-24-23-17(25-5-1-2-6-25)26(18)10-13-4-3-7-28-13/h3-4,7-9H,1-2,5-6,10-11H2,(H,21,22,27). The zero-order valence-electron chi connectivity index (χ0n) is 15.3. The van der Waals surface area contributed by atoms with E-state index in [9.17, 15) is 4.79 Å². The normalized spacial score (nSPS) is 13.8. The Bertz CT molecular complexity index is 988. The highest BCUT2D eigenvalue weighted by Crippen LogP contribution is 2.27. The van der Waals surface area contributed by atoms with Gasteiger partial charge in [0.2, 0.25) is 11.9 Å². The monoisotopic (exact) mass is 452 g/mol. The number of anilines is 2. The van der Waals surface area contributed by atoms with Gasteiger partial charge in [0.15, 0.2) is 11.0 Å². The number of hydrogen-bond donors (Lipinski definition) is 1. The van der Waals surface area contributed by atoms with Gasteiger partial charge in [0.25, 0.3) is 0 Å². The quantitative estimate of drug-likeness (QED) is 0.542. The fraction of sp³-hybridized carbons (Fsp3) is 0.333. The Morgan fingerprint density at radius 1 is 1.28 bits per heavy atom. The van der Waals surface area contributed by atoms with E-state index in [0.717, 1.165) is 37.6 Å². The Kier molecular flexibility index (Phi) is 6.27. The molecule has 0 aromatic carbocycles. The molecule has 0 saturated carbocycles. The van der Waals surface area contributed by atoms with E-state index in [4.69, 9.17) is 27.6 Å². The maximum Gasteiger partial charge on any atom is 0.236 e. The van der Waals surface area contributed by atoms with Crippen LogP contribution in [0.1, 0.15) is 18.6 Å². The second kappa shape index (κ2) is 9.06. The molecule has 4 heterocycles. The lowest BCUT2D eigenvalue weighted by Gasteiger charge is -2.17. The van der Waals surface area contributed by atoms with Gasteiger partial charge < -0.3 is 14.6 Å². The highest BCUT2D eigenvalue weighted by atomic mass is 35.5. The number of hydrogen-bond acceptors (Lipinski definition) is 7. The van der Waals surface area contributed by atoms with Gasteiger partial charge in [-0.1, -0.05) is 35.0 Å². The van der Waals surface area contributed by atoms with Crippen molar-refractivity contribution in [2.75, 3.05) is 29.1 Å². The Hall–Kier alpha value is -2.23. The van der Waals surface area contributed by atoms with Gasteiger partial charge in [0.05, 0.1) is 28.6 Å². The molecule has 4 rings (SSSR count). The first kappa shape index (κ1) is 20.1. The minimum atomic E-state index is -0.248. The molecular weight excluding hydrogens is 435 g/mol. The number of halogens is 2. The molecule has 0 atom stereocenters. The molecule has 11 heteroatoms. The summed E-state index contributed by atoms with van der Waals surface area (Å²) in [4.78, 5) is 18.6. The molecule has 0 aliphatic carbocycles. The number of nitrogens with one attached hydrogen (secondary N) is 1. The van der Waals surface area contributed by atoms with E-state index in [2.05, 4.69) is 25.4 Å². The summed E-state index contributed by atoms with van der Waals surface area (Å²) < 4.78 is 7.47. The van der Waals surface area contributed by atoms with Gasteiger partial charge >= 0.3 is 0 Å². The van der Waals surface area contributed by atoms with Gasteiger partial charge in [-0.2, -0.15) is 0 Å². The molecule has 3 aromatic rings. The Morgan fingerprint density at radius 2 is 2.10 bits per heavy atom. The molecule has 3 aromatic heterocycles. The number of carbonyl (C=O) groups excluding carboxylic acids is 1. The highest BCUT2D eigenvalue weighted by Gasteiger charge is 2.22. The van der Waals surface area contributed by atoms with E-state index in [-0.39, 0.29) is 22.5 Å². The summed E-state index contributed by atoms with van der Waals surface area (Å²) in [6.07, 6.45) is 5.33. The lowest BCUT2D eigenvalue weighted by Crippen LogP contribution is -2.23. The third-order valence-electron chi connectivity index (χ3n) is 4.38. The summed E-state index contributed by atoms with van der Waals surface area (Å²) in [5.41, 5.74) is 0. The second-order valence-corrected chi connectivity index (χ2v) is 8.25. The van der Waals surface area contributed by atoms with Crippen molar-refractivity contribution in [1.82, 2.24) is 19.7 Å².